The van der Waals surface area contributed by atoms with Gasteiger partial charge in [-0.25, -0.2) is 0 Å². The number of pyridine rings is 1. The minimum atomic E-state index is 0.198. The molecule has 0 saturated heterocycles. The Kier molecular flexibility index (Phi) is 6.21. The van der Waals surface area contributed by atoms with E-state index in [1.807, 2.05) is 18.3 Å². The molecule has 0 aliphatic carbocycles. The first-order valence-corrected chi connectivity index (χ1v) is 8.40. The number of benzene rings is 1. The molecule has 0 saturated carbocycles. The molecule has 112 valence electrons. The van der Waals surface area contributed by atoms with Gasteiger partial charge in [0.05, 0.1) is 23.3 Å². The predicted octanol–water partition coefficient (Wildman–Crippen LogP) is 4.51. The third-order valence-electron chi connectivity index (χ3n) is 3.21. The van der Waals surface area contributed by atoms with Crippen molar-refractivity contribution in [1.82, 2.24) is 10.3 Å². The highest BCUT2D eigenvalue weighted by Crippen LogP contribution is 2.27. The van der Waals surface area contributed by atoms with Gasteiger partial charge in [0.25, 0.3) is 0 Å². The molecule has 0 radical (unpaired) electrons. The fourth-order valence-electron chi connectivity index (χ4n) is 2.19. The molecule has 0 fully saturated rings. The van der Waals surface area contributed by atoms with Gasteiger partial charge in [-0.3, -0.25) is 4.98 Å². The first-order chi connectivity index (χ1) is 10.1. The largest absolute Gasteiger partial charge is 0.496 e. The third kappa shape index (κ3) is 4.53. The third-order valence-corrected chi connectivity index (χ3v) is 4.30. The number of hydrogen-bond donors (Lipinski definition) is 1. The number of halogens is 2. The van der Waals surface area contributed by atoms with Crippen LogP contribution >= 0.6 is 31.9 Å². The Morgan fingerprint density at radius 3 is 2.62 bits per heavy atom. The van der Waals surface area contributed by atoms with Crippen molar-refractivity contribution in [2.45, 2.75) is 19.4 Å². The monoisotopic (exact) mass is 412 g/mol. The van der Waals surface area contributed by atoms with Gasteiger partial charge in [-0.05, 0) is 74.7 Å². The second kappa shape index (κ2) is 7.92. The van der Waals surface area contributed by atoms with Gasteiger partial charge in [0, 0.05) is 10.7 Å². The predicted molar refractivity (Wildman–Crippen MR) is 92.8 cm³/mol. The molecule has 0 amide bonds. The summed E-state index contributed by atoms with van der Waals surface area (Å²) in [5, 5.41) is 3.49. The van der Waals surface area contributed by atoms with E-state index in [-0.39, 0.29) is 6.04 Å². The van der Waals surface area contributed by atoms with Crippen LogP contribution in [0.3, 0.4) is 0 Å². The second-order valence-electron chi connectivity index (χ2n) is 4.68. The molecule has 1 aromatic carbocycles. The normalized spacial score (nSPS) is 12.2. The molecule has 2 aromatic rings. The van der Waals surface area contributed by atoms with E-state index in [2.05, 4.69) is 67.3 Å². The van der Waals surface area contributed by atoms with Gasteiger partial charge in [-0.1, -0.05) is 13.0 Å². The van der Waals surface area contributed by atoms with Crippen LogP contribution in [0.25, 0.3) is 0 Å². The minimum Gasteiger partial charge on any atom is -0.496 e. The van der Waals surface area contributed by atoms with Crippen LogP contribution in [-0.2, 0) is 6.42 Å². The zero-order chi connectivity index (χ0) is 15.2. The van der Waals surface area contributed by atoms with Gasteiger partial charge in [0.15, 0.2) is 0 Å². The average molecular weight is 414 g/mol. The fourth-order valence-corrected chi connectivity index (χ4v) is 3.02. The van der Waals surface area contributed by atoms with Crippen molar-refractivity contribution >= 4 is 31.9 Å². The fraction of sp³-hybridized carbons (Fsp3) is 0.312. The summed E-state index contributed by atoms with van der Waals surface area (Å²) in [5.74, 6) is 0.848. The number of hydrogen-bond acceptors (Lipinski definition) is 3. The molecule has 2 rings (SSSR count). The van der Waals surface area contributed by atoms with Crippen molar-refractivity contribution in [3.8, 4) is 5.75 Å². The molecule has 1 unspecified atom stereocenters. The van der Waals surface area contributed by atoms with Crippen LogP contribution in [0.2, 0.25) is 0 Å². The number of ether oxygens (including phenoxy) is 1. The molecule has 1 heterocycles. The first-order valence-electron chi connectivity index (χ1n) is 6.81. The molecule has 21 heavy (non-hydrogen) atoms. The molecule has 5 heteroatoms. The van der Waals surface area contributed by atoms with Crippen LogP contribution in [0, 0.1) is 0 Å². The minimum absolute atomic E-state index is 0.198. The summed E-state index contributed by atoms with van der Waals surface area (Å²) in [4.78, 5) is 4.50. The van der Waals surface area contributed by atoms with Gasteiger partial charge in [-0.15, -0.1) is 0 Å². The zero-order valence-electron chi connectivity index (χ0n) is 12.1. The molecule has 1 atom stereocenters. The van der Waals surface area contributed by atoms with Crippen LogP contribution < -0.4 is 10.1 Å². The zero-order valence-corrected chi connectivity index (χ0v) is 15.2. The van der Waals surface area contributed by atoms with Crippen LogP contribution in [0.1, 0.15) is 24.2 Å². The van der Waals surface area contributed by atoms with Crippen molar-refractivity contribution in [2.24, 2.45) is 0 Å². The van der Waals surface area contributed by atoms with E-state index in [0.29, 0.717) is 0 Å². The van der Waals surface area contributed by atoms with E-state index in [1.54, 1.807) is 7.11 Å². The maximum absolute atomic E-state index is 5.27. The summed E-state index contributed by atoms with van der Waals surface area (Å²) in [7, 11) is 1.67. The Morgan fingerprint density at radius 1 is 1.24 bits per heavy atom. The summed E-state index contributed by atoms with van der Waals surface area (Å²) in [6, 6.07) is 10.4. The number of methoxy groups -OCH3 is 1. The Balaban J connectivity index is 2.19. The molecule has 3 nitrogen and oxygen atoms in total. The summed E-state index contributed by atoms with van der Waals surface area (Å²) in [6.07, 6.45) is 2.72. The van der Waals surface area contributed by atoms with E-state index in [1.165, 1.54) is 5.56 Å². The van der Waals surface area contributed by atoms with E-state index in [9.17, 15) is 0 Å². The molecular formula is C16H18Br2N2O. The first kappa shape index (κ1) is 16.5. The lowest BCUT2D eigenvalue weighted by Crippen LogP contribution is -2.23. The van der Waals surface area contributed by atoms with E-state index >= 15 is 0 Å². The highest BCUT2D eigenvalue weighted by Gasteiger charge is 2.13. The van der Waals surface area contributed by atoms with Crippen LogP contribution in [0.5, 0.6) is 5.75 Å². The molecule has 1 N–H and O–H groups in total. The van der Waals surface area contributed by atoms with Crippen molar-refractivity contribution in [3.05, 3.63) is 56.7 Å². The molecule has 0 aliphatic rings. The lowest BCUT2D eigenvalue weighted by molar-refractivity contribution is 0.412. The van der Waals surface area contributed by atoms with Gasteiger partial charge >= 0.3 is 0 Å². The van der Waals surface area contributed by atoms with Crippen molar-refractivity contribution < 1.29 is 4.74 Å². The van der Waals surface area contributed by atoms with E-state index < -0.39 is 0 Å². The second-order valence-corrected chi connectivity index (χ2v) is 6.45. The summed E-state index contributed by atoms with van der Waals surface area (Å²) in [5.41, 5.74) is 2.28. The molecular weight excluding hydrogens is 396 g/mol. The number of aromatic nitrogens is 1. The Bertz CT molecular complexity index is 587. The van der Waals surface area contributed by atoms with Crippen molar-refractivity contribution in [3.63, 3.8) is 0 Å². The SMILES string of the molecule is CCNC(Cc1ccc(OC)c(Br)c1)c1ccc(Br)cn1. The Labute approximate surface area is 142 Å². The van der Waals surface area contributed by atoms with E-state index in [4.69, 9.17) is 4.74 Å². The number of likely N-dealkylation sites (N-methyl/N-ethyl adjacent to an activating group) is 1. The topological polar surface area (TPSA) is 34.1 Å². The molecule has 0 spiro atoms. The number of rotatable bonds is 6. The standard InChI is InChI=1S/C16H18Br2N2O/c1-3-19-15(14-6-5-12(17)10-20-14)9-11-4-7-16(21-2)13(18)8-11/h4-8,10,15,19H,3,9H2,1-2H3. The maximum atomic E-state index is 5.27. The smallest absolute Gasteiger partial charge is 0.133 e. The van der Waals surface area contributed by atoms with Crippen LogP contribution in [0.15, 0.2) is 45.5 Å². The molecule has 0 bridgehead atoms. The Hall–Kier alpha value is -0.910. The molecule has 0 aliphatic heterocycles. The summed E-state index contributed by atoms with van der Waals surface area (Å²) in [6.45, 7) is 3.01. The molecule has 1 aromatic heterocycles. The Morgan fingerprint density at radius 2 is 2.05 bits per heavy atom. The van der Waals surface area contributed by atoms with Crippen molar-refractivity contribution in [1.29, 1.82) is 0 Å². The highest BCUT2D eigenvalue weighted by molar-refractivity contribution is 9.10. The van der Waals surface area contributed by atoms with Crippen molar-refractivity contribution in [2.75, 3.05) is 13.7 Å². The van der Waals surface area contributed by atoms with Gasteiger partial charge < -0.3 is 10.1 Å². The average Bonchev–Trinajstić information content (AvgIpc) is 2.48. The van der Waals surface area contributed by atoms with E-state index in [0.717, 1.165) is 33.4 Å². The quantitative estimate of drug-likeness (QED) is 0.756. The van der Waals surface area contributed by atoms with Gasteiger partial charge in [-0.2, -0.15) is 0 Å². The lowest BCUT2D eigenvalue weighted by Gasteiger charge is -2.18. The summed E-state index contributed by atoms with van der Waals surface area (Å²) >= 11 is 6.96. The lowest BCUT2D eigenvalue weighted by atomic mass is 10.0. The number of nitrogens with zero attached hydrogens (tertiary/aromatic N) is 1. The maximum Gasteiger partial charge on any atom is 0.133 e. The number of nitrogens with one attached hydrogen (secondary N) is 1. The van der Waals surface area contributed by atoms with Crippen LogP contribution in [-0.4, -0.2) is 18.6 Å². The highest BCUT2D eigenvalue weighted by atomic mass is 79.9. The van der Waals surface area contributed by atoms with Gasteiger partial charge in [0.1, 0.15) is 5.75 Å². The van der Waals surface area contributed by atoms with Gasteiger partial charge in [0.2, 0.25) is 0 Å². The summed E-state index contributed by atoms with van der Waals surface area (Å²) < 4.78 is 7.24. The van der Waals surface area contributed by atoms with Crippen LogP contribution in [0.4, 0.5) is 0 Å².